The Morgan fingerprint density at radius 2 is 1.38 bits per heavy atom. The first-order chi connectivity index (χ1) is 28.4. The SMILES string of the molecule is CCOC(CN(Cc1cccc2ccccc12)C(=O)[C@H](Cc1ccc(OC(C)(C)C)cc1)NC(=O)C[C@H](CO[Si](C)(C)C(C)(C)C)NC(=O)OCc1ccccc1)OCC. The first-order valence-electron chi connectivity index (χ1n) is 21.0. The Hall–Kier alpha value is -4.75. The molecule has 0 aliphatic rings. The van der Waals surface area contributed by atoms with Crippen LogP contribution < -0.4 is 15.4 Å². The lowest BCUT2D eigenvalue weighted by molar-refractivity contribution is -0.161. The lowest BCUT2D eigenvalue weighted by Gasteiger charge is -2.37. The molecule has 0 heterocycles. The average molecular weight is 842 g/mol. The second-order valence-corrected chi connectivity index (χ2v) is 22.4. The maximum absolute atomic E-state index is 15.0. The number of ether oxygens (including phenoxy) is 4. The third-order valence-corrected chi connectivity index (χ3v) is 15.0. The molecule has 4 aromatic carbocycles. The van der Waals surface area contributed by atoms with Crippen molar-refractivity contribution in [1.82, 2.24) is 15.5 Å². The van der Waals surface area contributed by atoms with Crippen molar-refractivity contribution in [1.29, 1.82) is 0 Å². The third-order valence-electron chi connectivity index (χ3n) is 10.5. The number of nitrogens with zero attached hydrogens (tertiary/aromatic N) is 1. The van der Waals surface area contributed by atoms with Gasteiger partial charge in [-0.2, -0.15) is 0 Å². The summed E-state index contributed by atoms with van der Waals surface area (Å²) in [5.74, 6) is -0.0358. The molecule has 3 amide bonds. The van der Waals surface area contributed by atoms with Crippen LogP contribution in [0.2, 0.25) is 18.1 Å². The molecule has 326 valence electrons. The van der Waals surface area contributed by atoms with E-state index in [4.69, 9.17) is 23.4 Å². The van der Waals surface area contributed by atoms with Gasteiger partial charge in [0.1, 0.15) is 24.0 Å². The lowest BCUT2D eigenvalue weighted by Crippen LogP contribution is -2.53. The molecule has 11 nitrogen and oxygen atoms in total. The zero-order chi connectivity index (χ0) is 43.9. The summed E-state index contributed by atoms with van der Waals surface area (Å²) >= 11 is 0. The molecular formula is C48H67N3O8Si. The molecule has 0 saturated carbocycles. The summed E-state index contributed by atoms with van der Waals surface area (Å²) in [7, 11) is -2.28. The number of hydrogen-bond donors (Lipinski definition) is 2. The molecule has 2 atom stereocenters. The second-order valence-electron chi connectivity index (χ2n) is 17.6. The van der Waals surface area contributed by atoms with Crippen LogP contribution in [0.25, 0.3) is 10.8 Å². The molecule has 0 fully saturated rings. The molecule has 0 unspecified atom stereocenters. The van der Waals surface area contributed by atoms with Gasteiger partial charge < -0.3 is 38.9 Å². The predicted octanol–water partition coefficient (Wildman–Crippen LogP) is 9.18. The highest BCUT2D eigenvalue weighted by atomic mass is 28.4. The van der Waals surface area contributed by atoms with Gasteiger partial charge in [0.15, 0.2) is 14.6 Å². The molecule has 12 heteroatoms. The average Bonchev–Trinajstić information content (AvgIpc) is 3.19. The molecule has 0 radical (unpaired) electrons. The van der Waals surface area contributed by atoms with Crippen LogP contribution in [-0.2, 0) is 47.8 Å². The number of carbonyl (C=O) groups excluding carboxylic acids is 3. The van der Waals surface area contributed by atoms with Gasteiger partial charge in [0, 0.05) is 32.6 Å². The Morgan fingerprint density at radius 3 is 2.02 bits per heavy atom. The van der Waals surface area contributed by atoms with E-state index in [1.807, 2.05) is 132 Å². The number of alkyl carbamates (subject to hydrolysis) is 1. The van der Waals surface area contributed by atoms with Crippen molar-refractivity contribution in [3.8, 4) is 5.75 Å². The van der Waals surface area contributed by atoms with Crippen molar-refractivity contribution in [2.45, 2.75) is 123 Å². The highest BCUT2D eigenvalue weighted by Crippen LogP contribution is 2.36. The number of rotatable bonds is 21. The summed E-state index contributed by atoms with van der Waals surface area (Å²) < 4.78 is 30.0. The van der Waals surface area contributed by atoms with Gasteiger partial charge in [-0.05, 0) is 92.3 Å². The fraction of sp³-hybridized carbons (Fsp3) is 0.479. The van der Waals surface area contributed by atoms with Crippen LogP contribution in [-0.4, -0.2) is 81.5 Å². The van der Waals surface area contributed by atoms with Gasteiger partial charge in [-0.15, -0.1) is 0 Å². The first kappa shape index (κ1) is 47.9. The van der Waals surface area contributed by atoms with Gasteiger partial charge in [0.25, 0.3) is 0 Å². The molecular weight excluding hydrogens is 775 g/mol. The predicted molar refractivity (Wildman–Crippen MR) is 240 cm³/mol. The van der Waals surface area contributed by atoms with Crippen molar-refractivity contribution < 1.29 is 37.8 Å². The summed E-state index contributed by atoms with van der Waals surface area (Å²) in [6.45, 7) is 21.7. The molecule has 0 aliphatic carbocycles. The summed E-state index contributed by atoms with van der Waals surface area (Å²) in [6.07, 6.45) is -1.31. The maximum atomic E-state index is 15.0. The molecule has 0 aromatic heterocycles. The van der Waals surface area contributed by atoms with Gasteiger partial charge in [-0.1, -0.05) is 106 Å². The number of amides is 3. The quantitative estimate of drug-likeness (QED) is 0.0629. The van der Waals surface area contributed by atoms with Crippen LogP contribution in [0, 0.1) is 0 Å². The smallest absolute Gasteiger partial charge is 0.407 e. The molecule has 4 rings (SSSR count). The number of nitrogens with one attached hydrogen (secondary N) is 2. The third kappa shape index (κ3) is 15.4. The van der Waals surface area contributed by atoms with Gasteiger partial charge in [0.2, 0.25) is 11.8 Å². The van der Waals surface area contributed by atoms with E-state index in [-0.39, 0.29) is 55.7 Å². The Bertz CT molecular complexity index is 1950. The minimum absolute atomic E-state index is 0.0713. The van der Waals surface area contributed by atoms with Crippen LogP contribution in [0.1, 0.15) is 78.5 Å². The van der Waals surface area contributed by atoms with E-state index in [2.05, 4.69) is 44.5 Å². The topological polar surface area (TPSA) is 125 Å². The Kier molecular flexibility index (Phi) is 17.7. The van der Waals surface area contributed by atoms with E-state index < -0.39 is 38.7 Å². The van der Waals surface area contributed by atoms with Gasteiger partial charge >= 0.3 is 6.09 Å². The Labute approximate surface area is 358 Å². The zero-order valence-electron chi connectivity index (χ0n) is 37.3. The molecule has 0 spiro atoms. The van der Waals surface area contributed by atoms with Crippen molar-refractivity contribution >= 4 is 37.0 Å². The number of hydrogen-bond acceptors (Lipinski definition) is 8. The Balaban J connectivity index is 1.66. The maximum Gasteiger partial charge on any atom is 0.407 e. The molecule has 2 N–H and O–H groups in total. The molecule has 4 aromatic rings. The number of benzene rings is 4. The van der Waals surface area contributed by atoms with E-state index in [1.54, 1.807) is 4.90 Å². The molecule has 0 aliphatic heterocycles. The van der Waals surface area contributed by atoms with Crippen LogP contribution >= 0.6 is 0 Å². The second kappa shape index (κ2) is 22.2. The highest BCUT2D eigenvalue weighted by Gasteiger charge is 2.38. The normalized spacial score (nSPS) is 13.1. The number of carbonyl (C=O) groups is 3. The first-order valence-corrected chi connectivity index (χ1v) is 24.0. The van der Waals surface area contributed by atoms with Crippen molar-refractivity contribution in [2.75, 3.05) is 26.4 Å². The van der Waals surface area contributed by atoms with E-state index >= 15 is 4.79 Å². The van der Waals surface area contributed by atoms with Crippen molar-refractivity contribution in [3.63, 3.8) is 0 Å². The minimum Gasteiger partial charge on any atom is -0.488 e. The van der Waals surface area contributed by atoms with Gasteiger partial charge in [0.05, 0.1) is 19.2 Å². The highest BCUT2D eigenvalue weighted by molar-refractivity contribution is 6.74. The van der Waals surface area contributed by atoms with Crippen molar-refractivity contribution in [3.05, 3.63) is 114 Å². The van der Waals surface area contributed by atoms with Crippen LogP contribution in [0.4, 0.5) is 4.79 Å². The van der Waals surface area contributed by atoms with E-state index in [0.717, 1.165) is 27.5 Å². The molecule has 0 bridgehead atoms. The fourth-order valence-corrected chi connectivity index (χ4v) is 7.41. The largest absolute Gasteiger partial charge is 0.488 e. The van der Waals surface area contributed by atoms with E-state index in [0.29, 0.717) is 19.0 Å². The van der Waals surface area contributed by atoms with Gasteiger partial charge in [-0.25, -0.2) is 4.79 Å². The van der Waals surface area contributed by atoms with Crippen molar-refractivity contribution in [2.24, 2.45) is 0 Å². The monoisotopic (exact) mass is 841 g/mol. The van der Waals surface area contributed by atoms with Gasteiger partial charge in [-0.3, -0.25) is 9.59 Å². The fourth-order valence-electron chi connectivity index (χ4n) is 6.36. The number of fused-ring (bicyclic) bond motifs is 1. The lowest BCUT2D eigenvalue weighted by atomic mass is 10.0. The van der Waals surface area contributed by atoms with E-state index in [9.17, 15) is 9.59 Å². The zero-order valence-corrected chi connectivity index (χ0v) is 38.3. The summed E-state index contributed by atoms with van der Waals surface area (Å²) in [6, 6.07) is 29.3. The van der Waals surface area contributed by atoms with E-state index in [1.165, 1.54) is 0 Å². The Morgan fingerprint density at radius 1 is 0.750 bits per heavy atom. The standard InChI is InChI=1S/C48H67N3O8Si/c1-11-55-44(56-12-2)32-51(31-38-23-18-22-37-21-16-17-24-41(37)38)45(53)42(29-35-25-27-40(28-26-35)59-47(3,4)5)50-43(52)30-39(34-58-60(9,10)48(6,7)8)49-46(54)57-33-36-19-14-13-15-20-36/h13-28,39,42,44H,11-12,29-34H2,1-10H3,(H,49,54)(H,50,52)/t39-,42+/m1/s1. The minimum atomic E-state index is -2.28. The molecule has 60 heavy (non-hydrogen) atoms. The van der Waals surface area contributed by atoms with Crippen LogP contribution in [0.15, 0.2) is 97.1 Å². The molecule has 0 saturated heterocycles. The summed E-state index contributed by atoms with van der Waals surface area (Å²) in [4.78, 5) is 44.2. The van der Waals surface area contributed by atoms with Crippen LogP contribution in [0.5, 0.6) is 5.75 Å². The summed E-state index contributed by atoms with van der Waals surface area (Å²) in [5.41, 5.74) is 2.22. The summed E-state index contributed by atoms with van der Waals surface area (Å²) in [5, 5.41) is 7.92. The van der Waals surface area contributed by atoms with Crippen LogP contribution in [0.3, 0.4) is 0 Å².